The molecule has 0 saturated heterocycles. The SMILES string of the molecule is C/C=C/CCn1c(=S)[nH]c2cc(Cl)ccc21. The van der Waals surface area contributed by atoms with Gasteiger partial charge in [0.15, 0.2) is 4.77 Å². The van der Waals surface area contributed by atoms with Crippen molar-refractivity contribution in [2.24, 2.45) is 0 Å². The zero-order valence-corrected chi connectivity index (χ0v) is 10.6. The molecule has 84 valence electrons. The molecule has 0 saturated carbocycles. The first-order valence-electron chi connectivity index (χ1n) is 5.21. The molecule has 16 heavy (non-hydrogen) atoms. The first kappa shape index (κ1) is 11.4. The van der Waals surface area contributed by atoms with E-state index in [-0.39, 0.29) is 0 Å². The van der Waals surface area contributed by atoms with E-state index < -0.39 is 0 Å². The highest BCUT2D eigenvalue weighted by molar-refractivity contribution is 7.71. The fraction of sp³-hybridized carbons (Fsp3) is 0.250. The van der Waals surface area contributed by atoms with Gasteiger partial charge in [-0.25, -0.2) is 0 Å². The van der Waals surface area contributed by atoms with Gasteiger partial charge in [-0.05, 0) is 43.8 Å². The molecule has 0 amide bonds. The Kier molecular flexibility index (Phi) is 3.46. The summed E-state index contributed by atoms with van der Waals surface area (Å²) in [5.41, 5.74) is 2.11. The number of hydrogen-bond donors (Lipinski definition) is 1. The second-order valence-corrected chi connectivity index (χ2v) is 4.42. The number of halogens is 1. The van der Waals surface area contributed by atoms with Gasteiger partial charge >= 0.3 is 0 Å². The smallest absolute Gasteiger partial charge is 0.178 e. The van der Waals surface area contributed by atoms with Gasteiger partial charge in [0, 0.05) is 11.6 Å². The van der Waals surface area contributed by atoms with E-state index in [9.17, 15) is 0 Å². The largest absolute Gasteiger partial charge is 0.331 e. The lowest BCUT2D eigenvalue weighted by Crippen LogP contribution is -1.96. The maximum absolute atomic E-state index is 5.93. The van der Waals surface area contributed by atoms with Gasteiger partial charge in [-0.2, -0.15) is 0 Å². The van der Waals surface area contributed by atoms with Gasteiger partial charge < -0.3 is 9.55 Å². The molecule has 1 aromatic carbocycles. The highest BCUT2D eigenvalue weighted by Crippen LogP contribution is 2.19. The average Bonchev–Trinajstić information content (AvgIpc) is 2.55. The molecule has 0 spiro atoms. The number of rotatable bonds is 3. The second kappa shape index (κ2) is 4.85. The van der Waals surface area contributed by atoms with Crippen LogP contribution in [0.15, 0.2) is 30.4 Å². The molecule has 0 radical (unpaired) electrons. The van der Waals surface area contributed by atoms with Gasteiger partial charge in [-0.3, -0.25) is 0 Å². The molecule has 0 aliphatic heterocycles. The van der Waals surface area contributed by atoms with Crippen LogP contribution in [0.5, 0.6) is 0 Å². The van der Waals surface area contributed by atoms with E-state index in [0.29, 0.717) is 0 Å². The Bertz CT molecular complexity index is 580. The molecular weight excluding hydrogens is 240 g/mol. The Morgan fingerprint density at radius 1 is 1.50 bits per heavy atom. The number of nitrogens with one attached hydrogen (secondary N) is 1. The van der Waals surface area contributed by atoms with E-state index in [4.69, 9.17) is 23.8 Å². The van der Waals surface area contributed by atoms with Crippen molar-refractivity contribution in [2.75, 3.05) is 0 Å². The van der Waals surface area contributed by atoms with Crippen LogP contribution in [0, 0.1) is 4.77 Å². The fourth-order valence-electron chi connectivity index (χ4n) is 1.73. The molecule has 2 rings (SSSR count). The number of imidazole rings is 1. The lowest BCUT2D eigenvalue weighted by atomic mass is 10.3. The third-order valence-corrected chi connectivity index (χ3v) is 3.05. The van der Waals surface area contributed by atoms with Crippen molar-refractivity contribution in [3.8, 4) is 0 Å². The van der Waals surface area contributed by atoms with Crippen molar-refractivity contribution in [2.45, 2.75) is 19.9 Å². The minimum atomic E-state index is 0.726. The maximum Gasteiger partial charge on any atom is 0.178 e. The summed E-state index contributed by atoms with van der Waals surface area (Å²) in [5.74, 6) is 0. The Labute approximate surface area is 105 Å². The average molecular weight is 253 g/mol. The van der Waals surface area contributed by atoms with Crippen molar-refractivity contribution in [3.05, 3.63) is 40.1 Å². The normalized spacial score (nSPS) is 11.6. The molecule has 2 nitrogen and oxygen atoms in total. The predicted octanol–water partition coefficient (Wildman–Crippen LogP) is 4.32. The minimum Gasteiger partial charge on any atom is -0.331 e. The number of benzene rings is 1. The van der Waals surface area contributed by atoms with Gasteiger partial charge in [0.1, 0.15) is 0 Å². The standard InChI is InChI=1S/C12H13ClN2S/c1-2-3-4-7-15-11-6-5-9(13)8-10(11)14-12(15)16/h2-3,5-6,8H,4,7H2,1H3,(H,14,16)/b3-2+. The highest BCUT2D eigenvalue weighted by atomic mass is 35.5. The molecule has 1 N–H and O–H groups in total. The van der Waals surface area contributed by atoms with Crippen molar-refractivity contribution < 1.29 is 0 Å². The molecule has 1 aromatic heterocycles. The van der Waals surface area contributed by atoms with E-state index in [2.05, 4.69) is 21.7 Å². The van der Waals surface area contributed by atoms with E-state index in [0.717, 1.165) is 33.8 Å². The number of aromatic nitrogens is 2. The summed E-state index contributed by atoms with van der Waals surface area (Å²) in [6.07, 6.45) is 5.17. The fourth-order valence-corrected chi connectivity index (χ4v) is 2.20. The molecule has 0 unspecified atom stereocenters. The first-order valence-corrected chi connectivity index (χ1v) is 6.00. The molecule has 0 atom stereocenters. The number of fused-ring (bicyclic) bond motifs is 1. The highest BCUT2D eigenvalue weighted by Gasteiger charge is 2.03. The quantitative estimate of drug-likeness (QED) is 0.637. The molecule has 0 aliphatic carbocycles. The monoisotopic (exact) mass is 252 g/mol. The molecule has 0 bridgehead atoms. The summed E-state index contributed by atoms with van der Waals surface area (Å²) in [5, 5.41) is 0.726. The Balaban J connectivity index is 2.44. The van der Waals surface area contributed by atoms with Crippen molar-refractivity contribution in [1.82, 2.24) is 9.55 Å². The van der Waals surface area contributed by atoms with Gasteiger partial charge in [0.25, 0.3) is 0 Å². The minimum absolute atomic E-state index is 0.726. The summed E-state index contributed by atoms with van der Waals surface area (Å²) < 4.78 is 2.85. The van der Waals surface area contributed by atoms with Crippen LogP contribution in [-0.4, -0.2) is 9.55 Å². The number of aryl methyl sites for hydroxylation is 1. The van der Waals surface area contributed by atoms with E-state index in [1.165, 1.54) is 0 Å². The van der Waals surface area contributed by atoms with Gasteiger partial charge in [0.2, 0.25) is 0 Å². The Morgan fingerprint density at radius 2 is 2.31 bits per heavy atom. The van der Waals surface area contributed by atoms with Crippen LogP contribution in [0.1, 0.15) is 13.3 Å². The Morgan fingerprint density at radius 3 is 3.06 bits per heavy atom. The van der Waals surface area contributed by atoms with Crippen molar-refractivity contribution in [1.29, 1.82) is 0 Å². The van der Waals surface area contributed by atoms with Crippen molar-refractivity contribution in [3.63, 3.8) is 0 Å². The van der Waals surface area contributed by atoms with Crippen LogP contribution in [0.25, 0.3) is 11.0 Å². The summed E-state index contributed by atoms with van der Waals surface area (Å²) in [6, 6.07) is 5.79. The summed E-state index contributed by atoms with van der Waals surface area (Å²) >= 11 is 11.2. The Hall–Kier alpha value is -1.06. The zero-order valence-electron chi connectivity index (χ0n) is 9.03. The number of aromatic amines is 1. The summed E-state index contributed by atoms with van der Waals surface area (Å²) in [6.45, 7) is 2.92. The van der Waals surface area contributed by atoms with Crippen LogP contribution in [-0.2, 0) is 6.54 Å². The number of nitrogens with zero attached hydrogens (tertiary/aromatic N) is 1. The zero-order chi connectivity index (χ0) is 11.5. The van der Waals surface area contributed by atoms with Gasteiger partial charge in [-0.15, -0.1) is 0 Å². The third-order valence-electron chi connectivity index (χ3n) is 2.49. The number of allylic oxidation sites excluding steroid dienone is 2. The van der Waals surface area contributed by atoms with Crippen LogP contribution < -0.4 is 0 Å². The summed E-state index contributed by atoms with van der Waals surface area (Å²) in [7, 11) is 0. The molecule has 0 fully saturated rings. The van der Waals surface area contributed by atoms with E-state index in [1.54, 1.807) is 0 Å². The maximum atomic E-state index is 5.93. The summed E-state index contributed by atoms with van der Waals surface area (Å²) in [4.78, 5) is 3.16. The number of H-pyrrole nitrogens is 1. The van der Waals surface area contributed by atoms with Gasteiger partial charge in [-0.1, -0.05) is 23.8 Å². The third kappa shape index (κ3) is 2.20. The predicted molar refractivity (Wildman–Crippen MR) is 71.6 cm³/mol. The molecule has 0 aliphatic rings. The lowest BCUT2D eigenvalue weighted by molar-refractivity contribution is 0.720. The van der Waals surface area contributed by atoms with Crippen LogP contribution >= 0.6 is 23.8 Å². The van der Waals surface area contributed by atoms with Gasteiger partial charge in [0.05, 0.1) is 11.0 Å². The molecular formula is C12H13ClN2S. The van der Waals surface area contributed by atoms with Crippen LogP contribution in [0.2, 0.25) is 5.02 Å². The van der Waals surface area contributed by atoms with Crippen LogP contribution in [0.4, 0.5) is 0 Å². The topological polar surface area (TPSA) is 20.7 Å². The van der Waals surface area contributed by atoms with E-state index in [1.807, 2.05) is 25.1 Å². The van der Waals surface area contributed by atoms with Crippen LogP contribution in [0.3, 0.4) is 0 Å². The number of hydrogen-bond acceptors (Lipinski definition) is 1. The van der Waals surface area contributed by atoms with Crippen molar-refractivity contribution >= 4 is 34.9 Å². The molecule has 2 aromatic rings. The first-order chi connectivity index (χ1) is 7.72. The lowest BCUT2D eigenvalue weighted by Gasteiger charge is -2.01. The molecule has 4 heteroatoms. The molecule has 1 heterocycles. The second-order valence-electron chi connectivity index (χ2n) is 3.60. The van der Waals surface area contributed by atoms with E-state index >= 15 is 0 Å².